The lowest BCUT2D eigenvalue weighted by atomic mass is 10.3. The molecule has 3 rings (SSSR count). The number of carboxylic acids is 1. The minimum absolute atomic E-state index is 0.0370. The Bertz CT molecular complexity index is 792. The van der Waals surface area contributed by atoms with Crippen LogP contribution in [0.3, 0.4) is 0 Å². The lowest BCUT2D eigenvalue weighted by Crippen LogP contribution is -2.32. The summed E-state index contributed by atoms with van der Waals surface area (Å²) in [5.74, 6) is -2.87. The predicted octanol–water partition coefficient (Wildman–Crippen LogP) is 0.242. The molecule has 0 spiro atoms. The molecule has 1 aliphatic carbocycles. The number of sulfonamides is 1. The Hall–Kier alpha value is -2.20. The molecular formula is C14H15FN2O6S. The Labute approximate surface area is 137 Å². The molecule has 1 N–H and O–H groups in total. The van der Waals surface area contributed by atoms with Crippen molar-refractivity contribution in [3.63, 3.8) is 0 Å². The van der Waals surface area contributed by atoms with Crippen molar-refractivity contribution in [3.8, 4) is 5.75 Å². The maximum Gasteiger partial charge on any atom is 0.341 e. The van der Waals surface area contributed by atoms with Crippen LogP contribution in [0.15, 0.2) is 23.1 Å². The van der Waals surface area contributed by atoms with Crippen LogP contribution in [0.2, 0.25) is 0 Å². The average Bonchev–Trinajstić information content (AvgIpc) is 3.27. The second-order valence-corrected chi connectivity index (χ2v) is 7.56. The number of aliphatic carboxylic acids is 1. The lowest BCUT2D eigenvalue weighted by Gasteiger charge is -2.18. The number of hydrogen-bond donors (Lipinski definition) is 1. The van der Waals surface area contributed by atoms with E-state index in [1.165, 1.54) is 4.90 Å². The van der Waals surface area contributed by atoms with Crippen molar-refractivity contribution < 1.29 is 32.2 Å². The number of nitrogens with zero attached hydrogens (tertiary/aromatic N) is 2. The van der Waals surface area contributed by atoms with Crippen LogP contribution in [-0.4, -0.2) is 60.5 Å². The van der Waals surface area contributed by atoms with Gasteiger partial charge in [0.25, 0.3) is 0 Å². The molecule has 1 aliphatic heterocycles. The van der Waals surface area contributed by atoms with Gasteiger partial charge in [-0.2, -0.15) is 4.31 Å². The summed E-state index contributed by atoms with van der Waals surface area (Å²) >= 11 is 0. The number of benzene rings is 1. The van der Waals surface area contributed by atoms with Gasteiger partial charge in [-0.3, -0.25) is 4.79 Å². The summed E-state index contributed by atoms with van der Waals surface area (Å²) in [5.41, 5.74) is 0. The van der Waals surface area contributed by atoms with Crippen LogP contribution in [-0.2, 0) is 19.6 Å². The van der Waals surface area contributed by atoms with Crippen molar-refractivity contribution in [1.82, 2.24) is 9.21 Å². The molecule has 130 valence electrons. The van der Waals surface area contributed by atoms with Gasteiger partial charge in [0.15, 0.2) is 18.2 Å². The Morgan fingerprint density at radius 1 is 1.38 bits per heavy atom. The van der Waals surface area contributed by atoms with Crippen LogP contribution in [0.4, 0.5) is 4.39 Å². The lowest BCUT2D eigenvalue weighted by molar-refractivity contribution is -0.139. The Morgan fingerprint density at radius 2 is 2.08 bits per heavy atom. The standard InChI is InChI=1S/C14H15FN2O6S/c15-11-5-10(3-4-12(11)23-7-14(19)20)24(21,22)16-6-13(18)17(8-16)9-1-2-9/h3-5,9H,1-2,6-8H2,(H,19,20). The van der Waals surface area contributed by atoms with E-state index in [1.807, 2.05) is 0 Å². The second kappa shape index (κ2) is 6.02. The highest BCUT2D eigenvalue weighted by Gasteiger charge is 2.42. The SMILES string of the molecule is O=C(O)COc1ccc(S(=O)(=O)N2CC(=O)N(C3CC3)C2)cc1F. The van der Waals surface area contributed by atoms with Crippen molar-refractivity contribution in [1.29, 1.82) is 0 Å². The molecular weight excluding hydrogens is 343 g/mol. The van der Waals surface area contributed by atoms with Crippen molar-refractivity contribution >= 4 is 21.9 Å². The largest absolute Gasteiger partial charge is 0.479 e. The van der Waals surface area contributed by atoms with Crippen LogP contribution < -0.4 is 4.74 Å². The number of rotatable bonds is 6. The number of ether oxygens (including phenoxy) is 1. The number of carbonyl (C=O) groups is 2. The van der Waals surface area contributed by atoms with E-state index in [0.717, 1.165) is 35.3 Å². The molecule has 8 nitrogen and oxygen atoms in total. The summed E-state index contributed by atoms with van der Waals surface area (Å²) in [5, 5.41) is 8.51. The molecule has 0 bridgehead atoms. The number of carbonyl (C=O) groups excluding carboxylic acids is 1. The topological polar surface area (TPSA) is 104 Å². The van der Waals surface area contributed by atoms with E-state index in [2.05, 4.69) is 0 Å². The van der Waals surface area contributed by atoms with Crippen molar-refractivity contribution in [2.45, 2.75) is 23.8 Å². The zero-order chi connectivity index (χ0) is 17.5. The van der Waals surface area contributed by atoms with Gasteiger partial charge in [0.1, 0.15) is 0 Å². The van der Waals surface area contributed by atoms with E-state index in [1.54, 1.807) is 0 Å². The number of amides is 1. The molecule has 1 aromatic carbocycles. The van der Waals surface area contributed by atoms with Crippen LogP contribution >= 0.6 is 0 Å². The molecule has 1 heterocycles. The summed E-state index contributed by atoms with van der Waals surface area (Å²) in [6.45, 7) is -1.04. The maximum atomic E-state index is 13.9. The highest BCUT2D eigenvalue weighted by molar-refractivity contribution is 7.89. The molecule has 2 fully saturated rings. The van der Waals surface area contributed by atoms with Gasteiger partial charge in [0, 0.05) is 6.04 Å². The summed E-state index contributed by atoms with van der Waals surface area (Å²) in [4.78, 5) is 23.5. The first-order chi connectivity index (χ1) is 11.3. The first-order valence-electron chi connectivity index (χ1n) is 7.23. The summed E-state index contributed by atoms with van der Waals surface area (Å²) in [6.07, 6.45) is 1.73. The van der Waals surface area contributed by atoms with E-state index < -0.39 is 28.4 Å². The quantitative estimate of drug-likeness (QED) is 0.781. The first-order valence-corrected chi connectivity index (χ1v) is 8.67. The third-order valence-electron chi connectivity index (χ3n) is 3.82. The Kier molecular flexibility index (Phi) is 4.18. The van der Waals surface area contributed by atoms with E-state index in [9.17, 15) is 22.4 Å². The van der Waals surface area contributed by atoms with Crippen LogP contribution in [0.1, 0.15) is 12.8 Å². The highest BCUT2D eigenvalue weighted by Crippen LogP contribution is 2.32. The van der Waals surface area contributed by atoms with Gasteiger partial charge in [-0.15, -0.1) is 0 Å². The van der Waals surface area contributed by atoms with Gasteiger partial charge in [-0.25, -0.2) is 17.6 Å². The number of halogens is 1. The molecule has 1 saturated carbocycles. The molecule has 0 aromatic heterocycles. The monoisotopic (exact) mass is 358 g/mol. The van der Waals surface area contributed by atoms with Gasteiger partial charge >= 0.3 is 5.97 Å². The van der Waals surface area contributed by atoms with Gasteiger partial charge in [-0.05, 0) is 31.0 Å². The minimum atomic E-state index is -4.02. The van der Waals surface area contributed by atoms with Crippen LogP contribution in [0, 0.1) is 5.82 Å². The summed E-state index contributed by atoms with van der Waals surface area (Å²) < 4.78 is 44.7. The first kappa shape index (κ1) is 16.7. The zero-order valence-corrected chi connectivity index (χ0v) is 13.3. The zero-order valence-electron chi connectivity index (χ0n) is 12.5. The molecule has 24 heavy (non-hydrogen) atoms. The number of hydrogen-bond acceptors (Lipinski definition) is 5. The van der Waals surface area contributed by atoms with Crippen LogP contribution in [0.5, 0.6) is 5.75 Å². The fourth-order valence-corrected chi connectivity index (χ4v) is 3.80. The van der Waals surface area contributed by atoms with E-state index >= 15 is 0 Å². The van der Waals surface area contributed by atoms with Crippen molar-refractivity contribution in [2.75, 3.05) is 19.8 Å². The Balaban J connectivity index is 1.78. The van der Waals surface area contributed by atoms with E-state index in [4.69, 9.17) is 9.84 Å². The van der Waals surface area contributed by atoms with Crippen molar-refractivity contribution in [2.24, 2.45) is 0 Å². The van der Waals surface area contributed by atoms with Crippen LogP contribution in [0.25, 0.3) is 0 Å². The summed E-state index contributed by atoms with van der Waals surface area (Å²) in [6, 6.07) is 3.04. The molecule has 0 atom stereocenters. The molecule has 0 radical (unpaired) electrons. The summed E-state index contributed by atoms with van der Waals surface area (Å²) in [7, 11) is -4.02. The molecule has 0 unspecified atom stereocenters. The Morgan fingerprint density at radius 3 is 2.67 bits per heavy atom. The molecule has 2 aliphatic rings. The van der Waals surface area contributed by atoms with Gasteiger partial charge in [0.2, 0.25) is 15.9 Å². The molecule has 10 heteroatoms. The van der Waals surface area contributed by atoms with Gasteiger partial charge < -0.3 is 14.7 Å². The maximum absolute atomic E-state index is 13.9. The molecule has 1 amide bonds. The highest BCUT2D eigenvalue weighted by atomic mass is 32.2. The average molecular weight is 358 g/mol. The van der Waals surface area contributed by atoms with Crippen molar-refractivity contribution in [3.05, 3.63) is 24.0 Å². The predicted molar refractivity (Wildman–Crippen MR) is 78.2 cm³/mol. The van der Waals surface area contributed by atoms with Gasteiger partial charge in [0.05, 0.1) is 18.1 Å². The molecule has 1 saturated heterocycles. The normalized spacial score (nSPS) is 18.9. The fraction of sp³-hybridized carbons (Fsp3) is 0.429. The second-order valence-electron chi connectivity index (χ2n) is 5.63. The number of carboxylic acid groups (broad SMARTS) is 1. The van der Waals surface area contributed by atoms with Gasteiger partial charge in [-0.1, -0.05) is 0 Å². The smallest absolute Gasteiger partial charge is 0.341 e. The van der Waals surface area contributed by atoms with E-state index in [0.29, 0.717) is 0 Å². The minimum Gasteiger partial charge on any atom is -0.479 e. The third-order valence-corrected chi connectivity index (χ3v) is 5.60. The molecule has 1 aromatic rings. The fourth-order valence-electron chi connectivity index (χ4n) is 2.45. The third kappa shape index (κ3) is 3.20. The van der Waals surface area contributed by atoms with E-state index in [-0.39, 0.29) is 35.8 Å².